The first-order valence-corrected chi connectivity index (χ1v) is 5.41. The van der Waals surface area contributed by atoms with Crippen LogP contribution in [0.2, 0.25) is 10.0 Å². The van der Waals surface area contributed by atoms with Crippen molar-refractivity contribution in [1.82, 2.24) is 0 Å². The highest BCUT2D eigenvalue weighted by atomic mass is 35.5. The third-order valence-electron chi connectivity index (χ3n) is 2.21. The molecule has 5 N–H and O–H groups in total. The topological polar surface area (TPSA) is 72.3 Å². The van der Waals surface area contributed by atoms with Crippen LogP contribution in [0.4, 0.5) is 0 Å². The van der Waals surface area contributed by atoms with E-state index in [1.54, 1.807) is 18.2 Å². The van der Waals surface area contributed by atoms with Gasteiger partial charge in [-0.05, 0) is 19.0 Å². The molecule has 3 nitrogen and oxygen atoms in total. The highest BCUT2D eigenvalue weighted by Crippen LogP contribution is 2.31. The lowest BCUT2D eigenvalue weighted by Gasteiger charge is -2.19. The van der Waals surface area contributed by atoms with E-state index in [0.717, 1.165) is 0 Å². The number of benzene rings is 1. The molecule has 1 rings (SSSR count). The van der Waals surface area contributed by atoms with Crippen LogP contribution in [-0.2, 0) is 0 Å². The fraction of sp³-hybridized carbons (Fsp3) is 0.400. The number of aliphatic hydroxyl groups is 1. The molecule has 0 saturated carbocycles. The van der Waals surface area contributed by atoms with Gasteiger partial charge >= 0.3 is 0 Å². The Hall–Kier alpha value is -0.320. The highest BCUT2D eigenvalue weighted by molar-refractivity contribution is 6.42. The smallest absolute Gasteiger partial charge is 0.0956 e. The summed E-state index contributed by atoms with van der Waals surface area (Å²) in [5.41, 5.74) is 11.7. The molecule has 84 valence electrons. The van der Waals surface area contributed by atoms with Crippen molar-refractivity contribution >= 4 is 23.2 Å². The van der Waals surface area contributed by atoms with Crippen molar-refractivity contribution in [1.29, 1.82) is 0 Å². The van der Waals surface area contributed by atoms with Gasteiger partial charge in [0, 0.05) is 11.6 Å². The monoisotopic (exact) mass is 248 g/mol. The van der Waals surface area contributed by atoms with E-state index in [1.165, 1.54) is 0 Å². The molecule has 0 bridgehead atoms. The van der Waals surface area contributed by atoms with Crippen LogP contribution >= 0.6 is 23.2 Å². The van der Waals surface area contributed by atoms with Gasteiger partial charge in [-0.3, -0.25) is 0 Å². The molecule has 15 heavy (non-hydrogen) atoms. The zero-order valence-corrected chi connectivity index (χ0v) is 9.67. The second-order valence-corrected chi connectivity index (χ2v) is 4.11. The molecule has 0 fully saturated rings. The van der Waals surface area contributed by atoms with Gasteiger partial charge in [-0.2, -0.15) is 0 Å². The van der Waals surface area contributed by atoms with E-state index in [4.69, 9.17) is 34.7 Å². The van der Waals surface area contributed by atoms with E-state index >= 15 is 0 Å². The lowest BCUT2D eigenvalue weighted by Crippen LogP contribution is -2.30. The maximum atomic E-state index is 9.90. The van der Waals surface area contributed by atoms with Gasteiger partial charge in [-0.1, -0.05) is 35.3 Å². The Labute approximate surface area is 99.0 Å². The minimum absolute atomic E-state index is 0.346. The van der Waals surface area contributed by atoms with Crippen molar-refractivity contribution in [2.45, 2.75) is 18.6 Å². The van der Waals surface area contributed by atoms with Crippen LogP contribution in [0.15, 0.2) is 18.2 Å². The van der Waals surface area contributed by atoms with Crippen LogP contribution in [0.5, 0.6) is 0 Å². The molecular formula is C10H14Cl2N2O. The van der Waals surface area contributed by atoms with Crippen molar-refractivity contribution < 1.29 is 5.11 Å². The highest BCUT2D eigenvalue weighted by Gasteiger charge is 2.19. The second kappa shape index (κ2) is 5.68. The van der Waals surface area contributed by atoms with E-state index in [0.29, 0.717) is 28.6 Å². The minimum Gasteiger partial charge on any atom is -0.387 e. The molecule has 2 atom stereocenters. The standard InChI is InChI=1S/C10H14Cl2N2O/c11-7-3-1-2-6(9(7)12)10(15)8(14)4-5-13/h1-3,8,10,15H,4-5,13-14H2. The van der Waals surface area contributed by atoms with Gasteiger partial charge in [0.05, 0.1) is 16.1 Å². The van der Waals surface area contributed by atoms with Gasteiger partial charge < -0.3 is 16.6 Å². The molecule has 2 unspecified atom stereocenters. The molecule has 0 amide bonds. The summed E-state index contributed by atoms with van der Waals surface area (Å²) >= 11 is 11.8. The predicted octanol–water partition coefficient (Wildman–Crippen LogP) is 1.70. The van der Waals surface area contributed by atoms with Crippen LogP contribution in [0.3, 0.4) is 0 Å². The zero-order chi connectivity index (χ0) is 11.4. The minimum atomic E-state index is -0.834. The Bertz CT molecular complexity index is 333. The van der Waals surface area contributed by atoms with Gasteiger partial charge in [0.25, 0.3) is 0 Å². The molecule has 0 saturated heterocycles. The molecule has 0 heterocycles. The average molecular weight is 249 g/mol. The fourth-order valence-corrected chi connectivity index (χ4v) is 1.75. The lowest BCUT2D eigenvalue weighted by molar-refractivity contribution is 0.143. The first-order valence-electron chi connectivity index (χ1n) is 4.65. The Morgan fingerprint density at radius 1 is 1.33 bits per heavy atom. The maximum Gasteiger partial charge on any atom is 0.0956 e. The Balaban J connectivity index is 2.90. The third kappa shape index (κ3) is 3.06. The number of hydrogen-bond acceptors (Lipinski definition) is 3. The average Bonchev–Trinajstić information content (AvgIpc) is 2.21. The van der Waals surface area contributed by atoms with Gasteiger partial charge in [-0.15, -0.1) is 0 Å². The van der Waals surface area contributed by atoms with Crippen molar-refractivity contribution in [3.63, 3.8) is 0 Å². The number of hydrogen-bond donors (Lipinski definition) is 3. The molecule has 0 aliphatic carbocycles. The maximum absolute atomic E-state index is 9.90. The fourth-order valence-electron chi connectivity index (χ4n) is 1.33. The summed E-state index contributed by atoms with van der Waals surface area (Å²) < 4.78 is 0. The van der Waals surface area contributed by atoms with Gasteiger partial charge in [0.1, 0.15) is 0 Å². The first kappa shape index (κ1) is 12.7. The summed E-state index contributed by atoms with van der Waals surface area (Å²) in [7, 11) is 0. The third-order valence-corrected chi connectivity index (χ3v) is 3.04. The van der Waals surface area contributed by atoms with E-state index in [2.05, 4.69) is 0 Å². The summed E-state index contributed by atoms with van der Waals surface area (Å²) in [4.78, 5) is 0. The normalized spacial score (nSPS) is 15.0. The van der Waals surface area contributed by atoms with Crippen LogP contribution in [0.25, 0.3) is 0 Å². The molecule has 5 heteroatoms. The van der Waals surface area contributed by atoms with Crippen molar-refractivity contribution in [3.05, 3.63) is 33.8 Å². The first-order chi connectivity index (χ1) is 7.07. The van der Waals surface area contributed by atoms with Gasteiger partial charge in [0.15, 0.2) is 0 Å². The second-order valence-electron chi connectivity index (χ2n) is 3.33. The van der Waals surface area contributed by atoms with Gasteiger partial charge in [0.2, 0.25) is 0 Å². The summed E-state index contributed by atoms with van der Waals surface area (Å²) in [5.74, 6) is 0. The number of rotatable bonds is 4. The lowest BCUT2D eigenvalue weighted by atomic mass is 10.0. The Morgan fingerprint density at radius 2 is 2.00 bits per heavy atom. The quantitative estimate of drug-likeness (QED) is 0.760. The summed E-state index contributed by atoms with van der Waals surface area (Å²) in [6.07, 6.45) is -0.302. The SMILES string of the molecule is NCCC(N)C(O)c1cccc(Cl)c1Cl. The van der Waals surface area contributed by atoms with E-state index in [-0.39, 0.29) is 0 Å². The largest absolute Gasteiger partial charge is 0.387 e. The molecular weight excluding hydrogens is 235 g/mol. The Kier molecular flexibility index (Phi) is 4.83. The van der Waals surface area contributed by atoms with E-state index < -0.39 is 12.1 Å². The van der Waals surface area contributed by atoms with E-state index in [1.807, 2.05) is 0 Å². The Morgan fingerprint density at radius 3 is 2.60 bits per heavy atom. The molecule has 0 aromatic heterocycles. The molecule has 0 radical (unpaired) electrons. The van der Waals surface area contributed by atoms with Crippen LogP contribution in [0, 0.1) is 0 Å². The van der Waals surface area contributed by atoms with E-state index in [9.17, 15) is 5.11 Å². The van der Waals surface area contributed by atoms with Crippen molar-refractivity contribution in [2.24, 2.45) is 11.5 Å². The molecule has 0 aliphatic rings. The van der Waals surface area contributed by atoms with Crippen LogP contribution in [0.1, 0.15) is 18.1 Å². The molecule has 1 aromatic rings. The molecule has 1 aromatic carbocycles. The number of halogens is 2. The molecule has 0 spiro atoms. The molecule has 0 aliphatic heterocycles. The van der Waals surface area contributed by atoms with Crippen LogP contribution in [-0.4, -0.2) is 17.7 Å². The van der Waals surface area contributed by atoms with Crippen molar-refractivity contribution in [3.8, 4) is 0 Å². The number of aliphatic hydroxyl groups excluding tert-OH is 1. The zero-order valence-electron chi connectivity index (χ0n) is 8.16. The summed E-state index contributed by atoms with van der Waals surface area (Å²) in [6, 6.07) is 4.66. The van der Waals surface area contributed by atoms with Gasteiger partial charge in [-0.25, -0.2) is 0 Å². The summed E-state index contributed by atoms with van der Waals surface area (Å²) in [6.45, 7) is 0.427. The van der Waals surface area contributed by atoms with Crippen LogP contribution < -0.4 is 11.5 Å². The van der Waals surface area contributed by atoms with Crippen molar-refractivity contribution in [2.75, 3.05) is 6.54 Å². The summed E-state index contributed by atoms with van der Waals surface area (Å²) in [5, 5.41) is 10.7. The number of nitrogens with two attached hydrogens (primary N) is 2. The predicted molar refractivity (Wildman–Crippen MR) is 63.1 cm³/mol.